The van der Waals surface area contributed by atoms with Gasteiger partial charge in [0.05, 0.1) is 11.6 Å². The van der Waals surface area contributed by atoms with Gasteiger partial charge in [-0.05, 0) is 18.2 Å². The zero-order chi connectivity index (χ0) is 23.2. The summed E-state index contributed by atoms with van der Waals surface area (Å²) in [5.41, 5.74) is -0.350. The van der Waals surface area contributed by atoms with Crippen LogP contribution in [-0.2, 0) is 11.3 Å². The first-order valence-electron chi connectivity index (χ1n) is 9.86. The van der Waals surface area contributed by atoms with Crippen LogP contribution in [-0.4, -0.2) is 51.8 Å². The van der Waals surface area contributed by atoms with Crippen molar-refractivity contribution in [3.63, 3.8) is 0 Å². The van der Waals surface area contributed by atoms with E-state index in [1.165, 1.54) is 34.9 Å². The van der Waals surface area contributed by atoms with Crippen LogP contribution < -0.4 is 10.9 Å². The number of alkyl halides is 3. The largest absolute Gasteiger partial charge is 0.405 e. The molecule has 1 aromatic carbocycles. The lowest BCUT2D eigenvalue weighted by Crippen LogP contribution is -2.52. The van der Waals surface area contributed by atoms with Gasteiger partial charge in [-0.3, -0.25) is 14.4 Å². The van der Waals surface area contributed by atoms with Crippen LogP contribution >= 0.6 is 0 Å². The highest BCUT2D eigenvalue weighted by Crippen LogP contribution is 2.49. The Morgan fingerprint density at radius 2 is 1.84 bits per heavy atom. The molecule has 0 saturated carbocycles. The van der Waals surface area contributed by atoms with Crippen molar-refractivity contribution in [2.24, 2.45) is 11.8 Å². The second kappa shape index (κ2) is 8.05. The van der Waals surface area contributed by atoms with Gasteiger partial charge in [0.25, 0.3) is 11.5 Å². The molecule has 2 aromatic rings. The van der Waals surface area contributed by atoms with Gasteiger partial charge in [0, 0.05) is 36.7 Å². The van der Waals surface area contributed by atoms with Crippen molar-refractivity contribution in [2.45, 2.75) is 24.8 Å². The van der Waals surface area contributed by atoms with Gasteiger partial charge < -0.3 is 19.9 Å². The summed E-state index contributed by atoms with van der Waals surface area (Å²) in [5, 5.41) is 11.8. The summed E-state index contributed by atoms with van der Waals surface area (Å²) in [6, 6.07) is 7.02. The van der Waals surface area contributed by atoms with Crippen LogP contribution in [0.5, 0.6) is 0 Å². The minimum Gasteiger partial charge on any atom is -0.396 e. The van der Waals surface area contributed by atoms with Gasteiger partial charge >= 0.3 is 6.18 Å². The minimum absolute atomic E-state index is 0.0645. The van der Waals surface area contributed by atoms with E-state index < -0.39 is 60.9 Å². The van der Waals surface area contributed by atoms with Crippen molar-refractivity contribution < 1.29 is 32.3 Å². The number of nitrogens with one attached hydrogen (secondary N) is 1. The summed E-state index contributed by atoms with van der Waals surface area (Å²) < 4.78 is 53.9. The predicted molar refractivity (Wildman–Crippen MR) is 103 cm³/mol. The first-order chi connectivity index (χ1) is 15.1. The molecule has 3 heterocycles. The molecule has 2 aliphatic rings. The number of aliphatic hydroxyl groups excluding tert-OH is 1. The number of pyridine rings is 1. The van der Waals surface area contributed by atoms with Gasteiger partial charge in [-0.2, -0.15) is 13.2 Å². The molecular formula is C21H19F4N3O4. The van der Waals surface area contributed by atoms with Crippen molar-refractivity contribution in [3.8, 4) is 0 Å². The Kier molecular flexibility index (Phi) is 5.53. The maximum Gasteiger partial charge on any atom is 0.405 e. The molecule has 0 aliphatic carbocycles. The van der Waals surface area contributed by atoms with Gasteiger partial charge in [0.2, 0.25) is 5.91 Å². The number of amides is 2. The van der Waals surface area contributed by atoms with Crippen LogP contribution in [0.2, 0.25) is 0 Å². The van der Waals surface area contributed by atoms with Crippen LogP contribution in [0.4, 0.5) is 17.6 Å². The monoisotopic (exact) mass is 453 g/mol. The summed E-state index contributed by atoms with van der Waals surface area (Å²) in [5.74, 6) is -4.45. The summed E-state index contributed by atoms with van der Waals surface area (Å²) >= 11 is 0. The van der Waals surface area contributed by atoms with Crippen LogP contribution in [0.15, 0.2) is 47.3 Å². The van der Waals surface area contributed by atoms with Crippen molar-refractivity contribution >= 4 is 11.8 Å². The molecule has 32 heavy (non-hydrogen) atoms. The predicted octanol–water partition coefficient (Wildman–Crippen LogP) is 1.47. The van der Waals surface area contributed by atoms with E-state index in [-0.39, 0.29) is 17.7 Å². The summed E-state index contributed by atoms with van der Waals surface area (Å²) in [7, 11) is 0. The van der Waals surface area contributed by atoms with E-state index in [0.717, 1.165) is 11.0 Å². The second-order valence-electron chi connectivity index (χ2n) is 7.82. The SMILES string of the molecule is O=C(NCC(F)(F)F)[C@@H]1[C@@H](CO)[C@@H]2Cn3c(cccc3=O)[C@@H]2N1C(=O)c1ccccc1F. The molecule has 0 spiro atoms. The fourth-order valence-corrected chi connectivity index (χ4v) is 4.73. The lowest BCUT2D eigenvalue weighted by Gasteiger charge is -2.31. The topological polar surface area (TPSA) is 91.6 Å². The molecule has 2 N–H and O–H groups in total. The minimum atomic E-state index is -4.68. The highest BCUT2D eigenvalue weighted by molar-refractivity contribution is 5.98. The summed E-state index contributed by atoms with van der Waals surface area (Å²) in [6.07, 6.45) is -4.68. The molecule has 7 nitrogen and oxygen atoms in total. The Bertz CT molecular complexity index is 1120. The van der Waals surface area contributed by atoms with Gasteiger partial charge in [-0.15, -0.1) is 0 Å². The van der Waals surface area contributed by atoms with Crippen LogP contribution in [0.3, 0.4) is 0 Å². The number of carbonyl (C=O) groups is 2. The van der Waals surface area contributed by atoms with Crippen molar-refractivity contribution in [1.82, 2.24) is 14.8 Å². The van der Waals surface area contributed by atoms with Crippen LogP contribution in [0.1, 0.15) is 22.1 Å². The number of likely N-dealkylation sites (tertiary alicyclic amines) is 1. The van der Waals surface area contributed by atoms with Gasteiger partial charge in [0.1, 0.15) is 18.4 Å². The van der Waals surface area contributed by atoms with E-state index in [4.69, 9.17) is 0 Å². The highest BCUT2D eigenvalue weighted by atomic mass is 19.4. The van der Waals surface area contributed by atoms with Crippen LogP contribution in [0.25, 0.3) is 0 Å². The third-order valence-electron chi connectivity index (χ3n) is 6.02. The molecule has 1 fully saturated rings. The number of fused-ring (bicyclic) bond motifs is 3. The Morgan fingerprint density at radius 1 is 1.12 bits per heavy atom. The second-order valence-corrected chi connectivity index (χ2v) is 7.82. The molecule has 1 aromatic heterocycles. The first-order valence-corrected chi connectivity index (χ1v) is 9.86. The lowest BCUT2D eigenvalue weighted by atomic mass is 9.88. The molecule has 1 saturated heterocycles. The van der Waals surface area contributed by atoms with Gasteiger partial charge in [-0.25, -0.2) is 4.39 Å². The molecule has 11 heteroatoms. The van der Waals surface area contributed by atoms with E-state index in [9.17, 15) is 37.1 Å². The Labute approximate surface area is 179 Å². The molecule has 0 unspecified atom stereocenters. The first kappa shape index (κ1) is 22.0. The van der Waals surface area contributed by atoms with Crippen molar-refractivity contribution in [2.75, 3.05) is 13.2 Å². The Morgan fingerprint density at radius 3 is 2.50 bits per heavy atom. The normalized spacial score (nSPS) is 24.2. The average molecular weight is 453 g/mol. The van der Waals surface area contributed by atoms with E-state index in [0.29, 0.717) is 5.69 Å². The summed E-state index contributed by atoms with van der Waals surface area (Å²) in [6.45, 7) is -2.17. The maximum atomic E-state index is 14.4. The van der Waals surface area contributed by atoms with Gasteiger partial charge in [0.15, 0.2) is 0 Å². The number of halogens is 4. The van der Waals surface area contributed by atoms with E-state index in [1.807, 2.05) is 0 Å². The quantitative estimate of drug-likeness (QED) is 0.686. The highest BCUT2D eigenvalue weighted by Gasteiger charge is 2.57. The zero-order valence-corrected chi connectivity index (χ0v) is 16.6. The average Bonchev–Trinajstić information content (AvgIpc) is 3.27. The number of benzene rings is 1. The van der Waals surface area contributed by atoms with Crippen LogP contribution in [0, 0.1) is 17.7 Å². The number of hydrogen-bond acceptors (Lipinski definition) is 4. The fourth-order valence-electron chi connectivity index (χ4n) is 4.73. The van der Waals surface area contributed by atoms with E-state index in [2.05, 4.69) is 0 Å². The zero-order valence-electron chi connectivity index (χ0n) is 16.6. The number of rotatable bonds is 4. The third kappa shape index (κ3) is 3.66. The smallest absolute Gasteiger partial charge is 0.396 e. The molecule has 4 atom stereocenters. The molecule has 170 valence electrons. The Balaban J connectivity index is 1.81. The molecule has 2 aliphatic heterocycles. The molecule has 0 radical (unpaired) electrons. The van der Waals surface area contributed by atoms with Gasteiger partial charge in [-0.1, -0.05) is 18.2 Å². The van der Waals surface area contributed by atoms with Crippen molar-refractivity contribution in [3.05, 3.63) is 69.9 Å². The molecule has 0 bridgehead atoms. The maximum absolute atomic E-state index is 14.4. The third-order valence-corrected chi connectivity index (χ3v) is 6.02. The van der Waals surface area contributed by atoms with E-state index in [1.54, 1.807) is 11.4 Å². The standard InChI is InChI=1S/C21H19F4N3O4/c22-14-5-2-1-4-11(14)20(32)28-17-12(8-27-15(17)6-3-7-16(27)30)13(9-29)18(28)19(31)26-10-21(23,24)25/h1-7,12-13,17-18,29H,8-10H2,(H,26,31)/t12-,13-,17+,18-/m0/s1. The number of nitrogens with zero attached hydrogens (tertiary/aromatic N) is 2. The fraction of sp³-hybridized carbons (Fsp3) is 0.381. The number of aliphatic hydroxyl groups is 1. The number of aromatic nitrogens is 1. The molecule has 2 amide bonds. The lowest BCUT2D eigenvalue weighted by molar-refractivity contribution is -0.141. The molecule has 4 rings (SSSR count). The number of hydrogen-bond donors (Lipinski definition) is 2. The summed E-state index contributed by atoms with van der Waals surface area (Å²) in [4.78, 5) is 39.5. The van der Waals surface area contributed by atoms with Crippen molar-refractivity contribution in [1.29, 1.82) is 0 Å². The molecular weight excluding hydrogens is 434 g/mol. The van der Waals surface area contributed by atoms with E-state index >= 15 is 0 Å². The Hall–Kier alpha value is -3.21. The number of carbonyl (C=O) groups excluding carboxylic acids is 2.